The summed E-state index contributed by atoms with van der Waals surface area (Å²) in [6.45, 7) is 3.33. The van der Waals surface area contributed by atoms with E-state index < -0.39 is 0 Å². The van der Waals surface area contributed by atoms with Crippen LogP contribution in [-0.2, 0) is 11.3 Å². The zero-order valence-corrected chi connectivity index (χ0v) is 16.9. The van der Waals surface area contributed by atoms with Gasteiger partial charge in [0.15, 0.2) is 5.12 Å². The molecule has 0 atom stereocenters. The van der Waals surface area contributed by atoms with Crippen molar-refractivity contribution in [3.8, 4) is 0 Å². The number of hydrogen-bond acceptors (Lipinski definition) is 4. The standard InChI is InChI=1S/C19H27N3O2S.ClH/c1-16(23)25-14-13-22(12-9-17-5-3-2-4-6-17)19(24)21-15-18-7-10-20-11-8-18;/h5,7-8,10-11H,2-4,6,9,12-15H2,1H3,(H,21,24);1H. The molecule has 7 heteroatoms. The molecule has 1 N–H and O–H groups in total. The van der Waals surface area contributed by atoms with E-state index in [0.717, 1.165) is 24.8 Å². The van der Waals surface area contributed by atoms with Crippen molar-refractivity contribution in [3.05, 3.63) is 41.7 Å². The van der Waals surface area contributed by atoms with Crippen LogP contribution in [-0.4, -0.2) is 39.9 Å². The Balaban J connectivity index is 0.00000338. The van der Waals surface area contributed by atoms with Crippen LogP contribution in [0.15, 0.2) is 36.2 Å². The average Bonchev–Trinajstić information content (AvgIpc) is 2.64. The van der Waals surface area contributed by atoms with Gasteiger partial charge in [0.2, 0.25) is 0 Å². The molecule has 1 aromatic heterocycles. The number of halogens is 1. The van der Waals surface area contributed by atoms with Gasteiger partial charge in [0, 0.05) is 44.7 Å². The Morgan fingerprint density at radius 3 is 2.65 bits per heavy atom. The topological polar surface area (TPSA) is 62.3 Å². The van der Waals surface area contributed by atoms with E-state index in [4.69, 9.17) is 0 Å². The molecule has 0 unspecified atom stereocenters. The normalized spacial score (nSPS) is 13.3. The predicted octanol–water partition coefficient (Wildman–Crippen LogP) is 4.19. The number of urea groups is 1. The van der Waals surface area contributed by atoms with E-state index in [9.17, 15) is 9.59 Å². The number of carbonyl (C=O) groups excluding carboxylic acids is 2. The molecule has 0 saturated heterocycles. The van der Waals surface area contributed by atoms with Crippen molar-refractivity contribution < 1.29 is 9.59 Å². The lowest BCUT2D eigenvalue weighted by atomic mass is 9.97. The summed E-state index contributed by atoms with van der Waals surface area (Å²) in [6, 6.07) is 3.71. The van der Waals surface area contributed by atoms with E-state index in [-0.39, 0.29) is 23.6 Å². The summed E-state index contributed by atoms with van der Waals surface area (Å²) in [6.07, 6.45) is 11.5. The first-order chi connectivity index (χ1) is 12.1. The van der Waals surface area contributed by atoms with Crippen LogP contribution in [0.25, 0.3) is 0 Å². The summed E-state index contributed by atoms with van der Waals surface area (Å²) in [7, 11) is 0. The molecule has 0 radical (unpaired) electrons. The van der Waals surface area contributed by atoms with Gasteiger partial charge in [-0.3, -0.25) is 9.78 Å². The molecule has 2 rings (SSSR count). The molecular formula is C19H28ClN3O2S. The molecule has 5 nitrogen and oxygen atoms in total. The Labute approximate surface area is 166 Å². The third-order valence-corrected chi connectivity index (χ3v) is 5.03. The molecule has 1 aliphatic carbocycles. The second-order valence-corrected chi connectivity index (χ2v) is 7.47. The molecule has 1 heterocycles. The molecule has 0 fully saturated rings. The third-order valence-electron chi connectivity index (χ3n) is 4.23. The summed E-state index contributed by atoms with van der Waals surface area (Å²) >= 11 is 1.27. The highest BCUT2D eigenvalue weighted by atomic mass is 35.5. The van der Waals surface area contributed by atoms with E-state index in [0.29, 0.717) is 25.4 Å². The highest BCUT2D eigenvalue weighted by Gasteiger charge is 2.14. The smallest absolute Gasteiger partial charge is 0.317 e. The number of rotatable bonds is 8. The maximum atomic E-state index is 12.6. The highest BCUT2D eigenvalue weighted by Crippen LogP contribution is 2.20. The maximum Gasteiger partial charge on any atom is 0.317 e. The number of allylic oxidation sites excluding steroid dienone is 1. The van der Waals surface area contributed by atoms with Crippen LogP contribution in [0.5, 0.6) is 0 Å². The van der Waals surface area contributed by atoms with Crippen LogP contribution < -0.4 is 5.32 Å². The van der Waals surface area contributed by atoms with E-state index in [1.54, 1.807) is 19.3 Å². The molecular weight excluding hydrogens is 370 g/mol. The fourth-order valence-electron chi connectivity index (χ4n) is 2.81. The fraction of sp³-hybridized carbons (Fsp3) is 0.526. The number of amides is 2. The van der Waals surface area contributed by atoms with Crippen LogP contribution in [0.4, 0.5) is 4.79 Å². The lowest BCUT2D eigenvalue weighted by Gasteiger charge is -2.24. The van der Waals surface area contributed by atoms with Gasteiger partial charge in [-0.1, -0.05) is 23.4 Å². The Morgan fingerprint density at radius 1 is 1.23 bits per heavy atom. The predicted molar refractivity (Wildman–Crippen MR) is 110 cm³/mol. The van der Waals surface area contributed by atoms with Crippen molar-refractivity contribution >= 4 is 35.3 Å². The van der Waals surface area contributed by atoms with E-state index in [2.05, 4.69) is 16.4 Å². The SMILES string of the molecule is CC(=O)SCCN(CCC1=CCCCC1)C(=O)NCc1ccncc1.Cl. The van der Waals surface area contributed by atoms with Gasteiger partial charge in [-0.15, -0.1) is 12.4 Å². The number of nitrogens with zero attached hydrogens (tertiary/aromatic N) is 2. The lowest BCUT2D eigenvalue weighted by molar-refractivity contribution is -0.109. The molecule has 0 spiro atoms. The Kier molecular flexibility index (Phi) is 11.1. The van der Waals surface area contributed by atoms with Gasteiger partial charge in [-0.25, -0.2) is 4.79 Å². The second kappa shape index (κ2) is 12.8. The third kappa shape index (κ3) is 8.72. The van der Waals surface area contributed by atoms with Crippen molar-refractivity contribution in [2.24, 2.45) is 0 Å². The van der Waals surface area contributed by atoms with Crippen molar-refractivity contribution in [2.75, 3.05) is 18.8 Å². The van der Waals surface area contributed by atoms with E-state index >= 15 is 0 Å². The van der Waals surface area contributed by atoms with Crippen molar-refractivity contribution in [3.63, 3.8) is 0 Å². The van der Waals surface area contributed by atoms with Crippen LogP contribution in [0.2, 0.25) is 0 Å². The number of aromatic nitrogens is 1. The van der Waals surface area contributed by atoms with Crippen LogP contribution >= 0.6 is 24.2 Å². The number of pyridine rings is 1. The average molecular weight is 398 g/mol. The van der Waals surface area contributed by atoms with Crippen LogP contribution in [0, 0.1) is 0 Å². The van der Waals surface area contributed by atoms with Gasteiger partial charge in [-0.05, 0) is 49.8 Å². The number of nitrogens with one attached hydrogen (secondary N) is 1. The minimum atomic E-state index is -0.0719. The van der Waals surface area contributed by atoms with Gasteiger partial charge in [0.1, 0.15) is 0 Å². The summed E-state index contributed by atoms with van der Waals surface area (Å²) in [4.78, 5) is 29.5. The molecule has 0 aromatic carbocycles. The largest absolute Gasteiger partial charge is 0.334 e. The minimum absolute atomic E-state index is 0. The molecule has 144 valence electrons. The zero-order valence-electron chi connectivity index (χ0n) is 15.3. The monoisotopic (exact) mass is 397 g/mol. The van der Waals surface area contributed by atoms with Crippen molar-refractivity contribution in [2.45, 2.75) is 45.6 Å². The Morgan fingerprint density at radius 2 is 2.00 bits per heavy atom. The van der Waals surface area contributed by atoms with Gasteiger partial charge in [0.25, 0.3) is 0 Å². The molecule has 0 aliphatic heterocycles. The van der Waals surface area contributed by atoms with E-state index in [1.807, 2.05) is 17.0 Å². The van der Waals surface area contributed by atoms with Crippen LogP contribution in [0.3, 0.4) is 0 Å². The quantitative estimate of drug-likeness (QED) is 0.668. The first-order valence-electron chi connectivity index (χ1n) is 8.88. The van der Waals surface area contributed by atoms with Gasteiger partial charge < -0.3 is 10.2 Å². The summed E-state index contributed by atoms with van der Waals surface area (Å²) in [5.74, 6) is 0.636. The lowest BCUT2D eigenvalue weighted by Crippen LogP contribution is -2.41. The second-order valence-electron chi connectivity index (χ2n) is 6.20. The van der Waals surface area contributed by atoms with E-state index in [1.165, 1.54) is 30.2 Å². The zero-order chi connectivity index (χ0) is 17.9. The van der Waals surface area contributed by atoms with Crippen LogP contribution in [0.1, 0.15) is 44.6 Å². The Bertz CT molecular complexity index is 596. The van der Waals surface area contributed by atoms with Gasteiger partial charge in [0.05, 0.1) is 0 Å². The molecule has 0 bridgehead atoms. The molecule has 26 heavy (non-hydrogen) atoms. The minimum Gasteiger partial charge on any atom is -0.334 e. The first-order valence-corrected chi connectivity index (χ1v) is 9.86. The highest BCUT2D eigenvalue weighted by molar-refractivity contribution is 8.13. The van der Waals surface area contributed by atoms with Crippen molar-refractivity contribution in [1.82, 2.24) is 15.2 Å². The number of carbonyl (C=O) groups is 2. The van der Waals surface area contributed by atoms with Gasteiger partial charge >= 0.3 is 6.03 Å². The molecule has 2 amide bonds. The maximum absolute atomic E-state index is 12.6. The summed E-state index contributed by atoms with van der Waals surface area (Å²) in [5.41, 5.74) is 2.48. The molecule has 1 aromatic rings. The summed E-state index contributed by atoms with van der Waals surface area (Å²) < 4.78 is 0. The fourth-order valence-corrected chi connectivity index (χ4v) is 3.41. The Hall–Kier alpha value is -1.53. The van der Waals surface area contributed by atoms with Crippen molar-refractivity contribution in [1.29, 1.82) is 0 Å². The number of hydrogen-bond donors (Lipinski definition) is 1. The first kappa shape index (κ1) is 22.5. The molecule has 1 aliphatic rings. The summed E-state index contributed by atoms with van der Waals surface area (Å²) in [5, 5.41) is 3.06. The molecule has 0 saturated carbocycles. The number of thioether (sulfide) groups is 1. The van der Waals surface area contributed by atoms with Gasteiger partial charge in [-0.2, -0.15) is 0 Å².